The van der Waals surface area contributed by atoms with E-state index in [0.29, 0.717) is 17.9 Å². The molecule has 106 valence electrons. The normalized spacial score (nSPS) is 10.7. The number of carboxylic acids is 1. The van der Waals surface area contributed by atoms with Gasteiger partial charge in [0, 0.05) is 5.39 Å². The summed E-state index contributed by atoms with van der Waals surface area (Å²) in [6, 6.07) is 8.90. The van der Waals surface area contributed by atoms with Crippen molar-refractivity contribution in [2.75, 3.05) is 6.61 Å². The van der Waals surface area contributed by atoms with E-state index in [9.17, 15) is 4.79 Å². The minimum Gasteiger partial charge on any atom is -0.491 e. The Morgan fingerprint density at radius 2 is 2.05 bits per heavy atom. The van der Waals surface area contributed by atoms with E-state index in [-0.39, 0.29) is 5.69 Å². The van der Waals surface area contributed by atoms with Crippen LogP contribution in [-0.4, -0.2) is 22.7 Å². The third-order valence-corrected chi connectivity index (χ3v) is 3.16. The average molecular weight is 273 g/mol. The Hall–Kier alpha value is -2.10. The molecule has 20 heavy (non-hydrogen) atoms. The summed E-state index contributed by atoms with van der Waals surface area (Å²) in [7, 11) is 0. The van der Waals surface area contributed by atoms with Crippen LogP contribution in [0.1, 0.15) is 43.1 Å². The van der Waals surface area contributed by atoms with Crippen molar-refractivity contribution in [1.29, 1.82) is 0 Å². The van der Waals surface area contributed by atoms with Gasteiger partial charge in [-0.15, -0.1) is 0 Å². The molecule has 1 N–H and O–H groups in total. The van der Waals surface area contributed by atoms with Crippen LogP contribution in [0, 0.1) is 0 Å². The number of unbranched alkanes of at least 4 members (excludes halogenated alkanes) is 3. The third-order valence-electron chi connectivity index (χ3n) is 3.16. The number of aromatic carboxylic acids is 1. The quantitative estimate of drug-likeness (QED) is 0.777. The summed E-state index contributed by atoms with van der Waals surface area (Å²) in [5.41, 5.74) is 0.655. The molecule has 0 atom stereocenters. The Morgan fingerprint density at radius 1 is 1.20 bits per heavy atom. The molecule has 0 amide bonds. The van der Waals surface area contributed by atoms with Crippen LogP contribution in [-0.2, 0) is 0 Å². The van der Waals surface area contributed by atoms with Crippen molar-refractivity contribution in [3.05, 3.63) is 36.0 Å². The highest BCUT2D eigenvalue weighted by Gasteiger charge is 2.09. The summed E-state index contributed by atoms with van der Waals surface area (Å²) in [4.78, 5) is 15.2. The summed E-state index contributed by atoms with van der Waals surface area (Å²) in [6.07, 6.45) is 4.55. The molecule has 0 aliphatic rings. The van der Waals surface area contributed by atoms with E-state index in [2.05, 4.69) is 11.9 Å². The van der Waals surface area contributed by atoms with Crippen molar-refractivity contribution in [2.24, 2.45) is 0 Å². The molecule has 1 heterocycles. The second kappa shape index (κ2) is 6.89. The van der Waals surface area contributed by atoms with Crippen LogP contribution in [0.15, 0.2) is 30.3 Å². The van der Waals surface area contributed by atoms with Gasteiger partial charge in [-0.1, -0.05) is 44.4 Å². The number of nitrogens with zero attached hydrogens (tertiary/aromatic N) is 1. The number of para-hydroxylation sites is 1. The number of benzene rings is 1. The van der Waals surface area contributed by atoms with Gasteiger partial charge in [-0.05, 0) is 18.6 Å². The van der Waals surface area contributed by atoms with E-state index < -0.39 is 5.97 Å². The summed E-state index contributed by atoms with van der Waals surface area (Å²) < 4.78 is 5.75. The molecule has 4 nitrogen and oxygen atoms in total. The fourth-order valence-electron chi connectivity index (χ4n) is 2.07. The van der Waals surface area contributed by atoms with Gasteiger partial charge in [0.15, 0.2) is 0 Å². The molecular weight excluding hydrogens is 254 g/mol. The van der Waals surface area contributed by atoms with E-state index in [1.54, 1.807) is 6.07 Å². The Morgan fingerprint density at radius 3 is 2.80 bits per heavy atom. The zero-order chi connectivity index (χ0) is 14.4. The molecule has 2 aromatic rings. The molecule has 0 aliphatic heterocycles. The second-order valence-corrected chi connectivity index (χ2v) is 4.74. The molecule has 0 fully saturated rings. The molecule has 0 unspecified atom stereocenters. The first-order valence-electron chi connectivity index (χ1n) is 6.98. The van der Waals surface area contributed by atoms with Crippen molar-refractivity contribution in [2.45, 2.75) is 32.6 Å². The minimum absolute atomic E-state index is 0.0412. The van der Waals surface area contributed by atoms with Gasteiger partial charge in [0.25, 0.3) is 0 Å². The average Bonchev–Trinajstić information content (AvgIpc) is 2.46. The lowest BCUT2D eigenvalue weighted by atomic mass is 10.2. The molecule has 2 rings (SSSR count). The van der Waals surface area contributed by atoms with Gasteiger partial charge >= 0.3 is 5.97 Å². The standard InChI is InChI=1S/C16H19NO3/c1-2-3-4-5-11-20-14-8-6-7-12-9-10-13(16(18)19)17-15(12)14/h6-10H,2-5,11H2,1H3,(H,18,19). The number of fused-ring (bicyclic) bond motifs is 1. The highest BCUT2D eigenvalue weighted by atomic mass is 16.5. The maximum absolute atomic E-state index is 11.0. The molecule has 0 spiro atoms. The minimum atomic E-state index is -1.02. The Balaban J connectivity index is 2.15. The smallest absolute Gasteiger partial charge is 0.354 e. The molecule has 0 saturated carbocycles. The number of carbonyl (C=O) groups is 1. The zero-order valence-electron chi connectivity index (χ0n) is 11.6. The van der Waals surface area contributed by atoms with Gasteiger partial charge < -0.3 is 9.84 Å². The van der Waals surface area contributed by atoms with Crippen LogP contribution in [0.3, 0.4) is 0 Å². The largest absolute Gasteiger partial charge is 0.491 e. The summed E-state index contributed by atoms with van der Waals surface area (Å²) in [5.74, 6) is -0.369. The van der Waals surface area contributed by atoms with E-state index in [0.717, 1.165) is 18.2 Å². The molecule has 0 bridgehead atoms. The first kappa shape index (κ1) is 14.3. The second-order valence-electron chi connectivity index (χ2n) is 4.74. The van der Waals surface area contributed by atoms with E-state index >= 15 is 0 Å². The lowest BCUT2D eigenvalue weighted by Gasteiger charge is -2.09. The van der Waals surface area contributed by atoms with Gasteiger partial charge in [-0.25, -0.2) is 9.78 Å². The molecule has 0 aliphatic carbocycles. The third kappa shape index (κ3) is 3.47. The summed E-state index contributed by atoms with van der Waals surface area (Å²) in [6.45, 7) is 2.81. The van der Waals surface area contributed by atoms with Gasteiger partial charge in [0.2, 0.25) is 0 Å². The topological polar surface area (TPSA) is 59.4 Å². The van der Waals surface area contributed by atoms with Crippen molar-refractivity contribution < 1.29 is 14.6 Å². The molecule has 1 aromatic carbocycles. The van der Waals surface area contributed by atoms with Crippen LogP contribution < -0.4 is 4.74 Å². The molecule has 1 aromatic heterocycles. The predicted molar refractivity (Wildman–Crippen MR) is 78.3 cm³/mol. The fraction of sp³-hybridized carbons (Fsp3) is 0.375. The van der Waals surface area contributed by atoms with Crippen LogP contribution >= 0.6 is 0 Å². The lowest BCUT2D eigenvalue weighted by Crippen LogP contribution is -2.02. The van der Waals surface area contributed by atoms with Gasteiger partial charge in [-0.3, -0.25) is 0 Å². The maximum Gasteiger partial charge on any atom is 0.354 e. The summed E-state index contributed by atoms with van der Waals surface area (Å²) >= 11 is 0. The van der Waals surface area contributed by atoms with Crippen molar-refractivity contribution >= 4 is 16.9 Å². The Kier molecular flexibility index (Phi) is 4.93. The fourth-order valence-corrected chi connectivity index (χ4v) is 2.07. The van der Waals surface area contributed by atoms with Gasteiger partial charge in [-0.2, -0.15) is 0 Å². The molecule has 0 saturated heterocycles. The van der Waals surface area contributed by atoms with Crippen LogP contribution in [0.2, 0.25) is 0 Å². The van der Waals surface area contributed by atoms with Crippen molar-refractivity contribution in [1.82, 2.24) is 4.98 Å². The van der Waals surface area contributed by atoms with E-state index in [4.69, 9.17) is 9.84 Å². The number of carboxylic acid groups (broad SMARTS) is 1. The monoisotopic (exact) mass is 273 g/mol. The maximum atomic E-state index is 11.0. The number of hydrogen-bond donors (Lipinski definition) is 1. The number of ether oxygens (including phenoxy) is 1. The number of pyridine rings is 1. The number of rotatable bonds is 7. The number of hydrogen-bond acceptors (Lipinski definition) is 3. The number of aromatic nitrogens is 1. The van der Waals surface area contributed by atoms with Crippen LogP contribution in [0.4, 0.5) is 0 Å². The molecular formula is C16H19NO3. The highest BCUT2D eigenvalue weighted by molar-refractivity contribution is 5.91. The molecule has 4 heteroatoms. The molecule has 0 radical (unpaired) electrons. The van der Waals surface area contributed by atoms with Crippen LogP contribution in [0.25, 0.3) is 10.9 Å². The summed E-state index contributed by atoms with van der Waals surface area (Å²) in [5, 5.41) is 9.89. The zero-order valence-corrected chi connectivity index (χ0v) is 11.6. The van der Waals surface area contributed by atoms with Crippen molar-refractivity contribution in [3.63, 3.8) is 0 Å². The first-order chi connectivity index (χ1) is 9.72. The van der Waals surface area contributed by atoms with E-state index in [1.807, 2.05) is 18.2 Å². The first-order valence-corrected chi connectivity index (χ1v) is 6.98. The highest BCUT2D eigenvalue weighted by Crippen LogP contribution is 2.24. The van der Waals surface area contributed by atoms with Crippen LogP contribution in [0.5, 0.6) is 5.75 Å². The van der Waals surface area contributed by atoms with Gasteiger partial charge in [0.1, 0.15) is 17.0 Å². The lowest BCUT2D eigenvalue weighted by molar-refractivity contribution is 0.0691. The van der Waals surface area contributed by atoms with Crippen molar-refractivity contribution in [3.8, 4) is 5.75 Å². The Labute approximate surface area is 118 Å². The SMILES string of the molecule is CCCCCCOc1cccc2ccc(C(=O)O)nc12. The predicted octanol–water partition coefficient (Wildman–Crippen LogP) is 3.89. The van der Waals surface area contributed by atoms with E-state index in [1.165, 1.54) is 18.9 Å². The Bertz CT molecular complexity index is 595. The van der Waals surface area contributed by atoms with Gasteiger partial charge in [0.05, 0.1) is 6.61 Å².